The molecule has 1 saturated carbocycles. The quantitative estimate of drug-likeness (QED) is 0.715. The van der Waals surface area contributed by atoms with E-state index in [4.69, 9.17) is 6.42 Å². The molecule has 1 N–H and O–H groups in total. The Morgan fingerprint density at radius 1 is 1.07 bits per heavy atom. The molecule has 1 unspecified atom stereocenters. The van der Waals surface area contributed by atoms with Crippen LogP contribution in [0.3, 0.4) is 0 Å². The van der Waals surface area contributed by atoms with E-state index in [1.807, 2.05) is 56.0 Å². The minimum absolute atomic E-state index is 0.721. The zero-order valence-electron chi connectivity index (χ0n) is 8.22. The maximum atomic E-state index is 10.4. The van der Waals surface area contributed by atoms with Crippen LogP contribution in [0.25, 0.3) is 0 Å². The van der Waals surface area contributed by atoms with Gasteiger partial charge < -0.3 is 5.11 Å². The van der Waals surface area contributed by atoms with Crippen LogP contribution < -0.4 is 0 Å². The Morgan fingerprint density at radius 3 is 2.20 bits per heavy atom. The molecule has 5 radical (unpaired) electrons. The molecular formula is C14H11O. The van der Waals surface area contributed by atoms with Crippen molar-refractivity contribution in [3.05, 3.63) is 67.5 Å². The third-order valence-corrected chi connectivity index (χ3v) is 2.48. The van der Waals surface area contributed by atoms with Crippen molar-refractivity contribution in [1.82, 2.24) is 0 Å². The van der Waals surface area contributed by atoms with Crippen LogP contribution in [0, 0.1) is 43.9 Å². The summed E-state index contributed by atoms with van der Waals surface area (Å²) >= 11 is 0. The SMILES string of the molecule is C#CC(O)([C]1[CH][CH][CH][CH]1)c1ccccc1. The molecule has 0 saturated heterocycles. The Balaban J connectivity index is 2.33. The van der Waals surface area contributed by atoms with Gasteiger partial charge >= 0.3 is 0 Å². The summed E-state index contributed by atoms with van der Waals surface area (Å²) < 4.78 is 0. The van der Waals surface area contributed by atoms with Crippen LogP contribution in [-0.2, 0) is 5.60 Å². The fourth-order valence-corrected chi connectivity index (χ4v) is 1.63. The fraction of sp³-hybridized carbons (Fsp3) is 0.0714. The Labute approximate surface area is 91.1 Å². The van der Waals surface area contributed by atoms with E-state index in [1.165, 1.54) is 0 Å². The molecule has 0 amide bonds. The van der Waals surface area contributed by atoms with Gasteiger partial charge in [-0.3, -0.25) is 0 Å². The van der Waals surface area contributed by atoms with Gasteiger partial charge in [0.2, 0.25) is 0 Å². The molecule has 1 aliphatic rings. The Hall–Kier alpha value is -1.26. The highest BCUT2D eigenvalue weighted by atomic mass is 16.3. The van der Waals surface area contributed by atoms with Crippen LogP contribution in [-0.4, -0.2) is 5.11 Å². The Kier molecular flexibility index (Phi) is 2.79. The van der Waals surface area contributed by atoms with Gasteiger partial charge in [-0.15, -0.1) is 6.42 Å². The molecule has 0 heterocycles. The summed E-state index contributed by atoms with van der Waals surface area (Å²) in [4.78, 5) is 0. The van der Waals surface area contributed by atoms with Crippen molar-refractivity contribution in [3.8, 4) is 12.3 Å². The molecule has 1 nitrogen and oxygen atoms in total. The molecule has 2 rings (SSSR count). The van der Waals surface area contributed by atoms with Crippen molar-refractivity contribution >= 4 is 0 Å². The highest BCUT2D eigenvalue weighted by Crippen LogP contribution is 2.39. The second kappa shape index (κ2) is 4.08. The maximum absolute atomic E-state index is 10.4. The molecule has 1 aromatic carbocycles. The van der Waals surface area contributed by atoms with E-state index in [0.29, 0.717) is 0 Å². The van der Waals surface area contributed by atoms with E-state index >= 15 is 0 Å². The topological polar surface area (TPSA) is 20.2 Å². The van der Waals surface area contributed by atoms with Crippen molar-refractivity contribution in [2.24, 2.45) is 0 Å². The van der Waals surface area contributed by atoms with Gasteiger partial charge in [0.1, 0.15) is 0 Å². The number of terminal acetylenes is 1. The zero-order chi connectivity index (χ0) is 10.7. The normalized spacial score (nSPS) is 20.8. The third-order valence-electron chi connectivity index (χ3n) is 2.48. The van der Waals surface area contributed by atoms with E-state index in [1.54, 1.807) is 0 Å². The monoisotopic (exact) mass is 195 g/mol. The smallest absolute Gasteiger partial charge is 0.157 e. The number of hydrogen-bond donors (Lipinski definition) is 1. The van der Waals surface area contributed by atoms with Crippen LogP contribution in [0.1, 0.15) is 5.56 Å². The van der Waals surface area contributed by atoms with Gasteiger partial charge in [-0.1, -0.05) is 36.3 Å². The highest BCUT2D eigenvalue weighted by Gasteiger charge is 2.39. The van der Waals surface area contributed by atoms with Gasteiger partial charge in [0.15, 0.2) is 5.60 Å². The van der Waals surface area contributed by atoms with Gasteiger partial charge in [-0.05, 0) is 31.2 Å². The molecule has 15 heavy (non-hydrogen) atoms. The van der Waals surface area contributed by atoms with Crippen molar-refractivity contribution < 1.29 is 5.11 Å². The largest absolute Gasteiger partial charge is 0.373 e. The lowest BCUT2D eigenvalue weighted by molar-refractivity contribution is 0.124. The van der Waals surface area contributed by atoms with Crippen molar-refractivity contribution in [2.75, 3.05) is 0 Å². The van der Waals surface area contributed by atoms with Gasteiger partial charge in [0.25, 0.3) is 0 Å². The predicted molar refractivity (Wildman–Crippen MR) is 59.6 cm³/mol. The van der Waals surface area contributed by atoms with Crippen molar-refractivity contribution in [2.45, 2.75) is 5.60 Å². The minimum atomic E-state index is -1.31. The predicted octanol–water partition coefficient (Wildman–Crippen LogP) is 1.91. The molecule has 0 spiro atoms. The van der Waals surface area contributed by atoms with Gasteiger partial charge in [-0.25, -0.2) is 0 Å². The van der Waals surface area contributed by atoms with Crippen LogP contribution >= 0.6 is 0 Å². The molecule has 1 fully saturated rings. The van der Waals surface area contributed by atoms with E-state index in [-0.39, 0.29) is 0 Å². The number of rotatable bonds is 2. The first-order valence-electron chi connectivity index (χ1n) is 4.75. The van der Waals surface area contributed by atoms with Crippen LogP contribution in [0.5, 0.6) is 0 Å². The summed E-state index contributed by atoms with van der Waals surface area (Å²) in [5, 5.41) is 10.4. The van der Waals surface area contributed by atoms with Gasteiger partial charge in [0.05, 0.1) is 0 Å². The second-order valence-electron chi connectivity index (χ2n) is 3.39. The molecule has 1 aromatic rings. The lowest BCUT2D eigenvalue weighted by Crippen LogP contribution is -2.30. The standard InChI is InChI=1S/C14H11O/c1-2-14(15,13-10-6-7-11-13)12-8-4-3-5-9-12/h1,3-11,15H. The number of aliphatic hydroxyl groups is 1. The number of hydrogen-bond acceptors (Lipinski definition) is 1. The molecule has 1 aliphatic carbocycles. The van der Waals surface area contributed by atoms with Gasteiger partial charge in [-0.2, -0.15) is 0 Å². The highest BCUT2D eigenvalue weighted by molar-refractivity contribution is 5.50. The molecular weight excluding hydrogens is 184 g/mol. The summed E-state index contributed by atoms with van der Waals surface area (Å²) in [5.74, 6) is 3.19. The van der Waals surface area contributed by atoms with Crippen molar-refractivity contribution in [1.29, 1.82) is 0 Å². The Morgan fingerprint density at radius 2 is 1.67 bits per heavy atom. The summed E-state index contributed by atoms with van der Waals surface area (Å²) in [5.41, 5.74) is -0.594. The van der Waals surface area contributed by atoms with Gasteiger partial charge in [0, 0.05) is 5.92 Å². The van der Waals surface area contributed by atoms with Crippen LogP contribution in [0.15, 0.2) is 30.3 Å². The lowest BCUT2D eigenvalue weighted by Gasteiger charge is -2.28. The summed E-state index contributed by atoms with van der Waals surface area (Å²) in [6, 6.07) is 9.27. The lowest BCUT2D eigenvalue weighted by atomic mass is 9.81. The summed E-state index contributed by atoms with van der Waals surface area (Å²) in [6.07, 6.45) is 12.8. The summed E-state index contributed by atoms with van der Waals surface area (Å²) in [7, 11) is 0. The molecule has 73 valence electrons. The third kappa shape index (κ3) is 1.78. The van der Waals surface area contributed by atoms with E-state index in [9.17, 15) is 5.11 Å². The van der Waals surface area contributed by atoms with E-state index < -0.39 is 5.60 Å². The van der Waals surface area contributed by atoms with Crippen LogP contribution in [0.2, 0.25) is 0 Å². The second-order valence-corrected chi connectivity index (χ2v) is 3.39. The van der Waals surface area contributed by atoms with Crippen molar-refractivity contribution in [3.63, 3.8) is 0 Å². The van der Waals surface area contributed by atoms with Crippen LogP contribution in [0.4, 0.5) is 0 Å². The first-order valence-corrected chi connectivity index (χ1v) is 4.75. The molecule has 1 atom stereocenters. The van der Waals surface area contributed by atoms with E-state index in [2.05, 4.69) is 5.92 Å². The first-order chi connectivity index (χ1) is 7.27. The molecule has 0 bridgehead atoms. The number of benzene rings is 1. The first kappa shape index (κ1) is 10.3. The average molecular weight is 195 g/mol. The zero-order valence-corrected chi connectivity index (χ0v) is 8.22. The molecule has 0 aromatic heterocycles. The Bertz CT molecular complexity index is 357. The fourth-order valence-electron chi connectivity index (χ4n) is 1.63. The average Bonchev–Trinajstić information content (AvgIpc) is 2.83. The maximum Gasteiger partial charge on any atom is 0.157 e. The minimum Gasteiger partial charge on any atom is -0.373 e. The summed E-state index contributed by atoms with van der Waals surface area (Å²) in [6.45, 7) is 0. The van der Waals surface area contributed by atoms with E-state index in [0.717, 1.165) is 11.5 Å². The molecule has 0 aliphatic heterocycles. The molecule has 1 heteroatoms.